The van der Waals surface area contributed by atoms with Crippen LogP contribution in [0.25, 0.3) is 0 Å². The van der Waals surface area contributed by atoms with Crippen molar-refractivity contribution in [1.82, 2.24) is 15.5 Å². The fourth-order valence-corrected chi connectivity index (χ4v) is 3.33. The highest BCUT2D eigenvalue weighted by Gasteiger charge is 2.30. The van der Waals surface area contributed by atoms with Gasteiger partial charge in [0.05, 0.1) is 6.04 Å². The topological polar surface area (TPSA) is 87.7 Å². The zero-order chi connectivity index (χ0) is 21.0. The van der Waals surface area contributed by atoms with E-state index in [9.17, 15) is 23.2 Å². The van der Waals surface area contributed by atoms with Crippen molar-refractivity contribution in [3.63, 3.8) is 0 Å². The Kier molecular flexibility index (Phi) is 6.42. The SMILES string of the molecule is O=CNC(=O)N[C@@H](CN1Cc2ccc(OC(F)F)cc2C1=O)c1ccc(Br)cc1. The fraction of sp³-hybridized carbons (Fsp3) is 0.211. The van der Waals surface area contributed by atoms with Gasteiger partial charge in [0.15, 0.2) is 0 Å². The first kappa shape index (κ1) is 20.7. The summed E-state index contributed by atoms with van der Waals surface area (Å²) in [5, 5.41) is 4.66. The summed E-state index contributed by atoms with van der Waals surface area (Å²) in [6.07, 6.45) is 0.259. The second kappa shape index (κ2) is 8.99. The lowest BCUT2D eigenvalue weighted by molar-refractivity contribution is -0.108. The van der Waals surface area contributed by atoms with Gasteiger partial charge in [-0.3, -0.25) is 14.9 Å². The van der Waals surface area contributed by atoms with Crippen LogP contribution in [0.5, 0.6) is 5.75 Å². The molecule has 1 atom stereocenters. The normalized spacial score (nSPS) is 13.8. The van der Waals surface area contributed by atoms with Crippen LogP contribution in [0.1, 0.15) is 27.5 Å². The predicted octanol–water partition coefficient (Wildman–Crippen LogP) is 3.20. The third-order valence-corrected chi connectivity index (χ3v) is 4.88. The molecule has 152 valence electrons. The van der Waals surface area contributed by atoms with Crippen molar-refractivity contribution < 1.29 is 27.9 Å². The van der Waals surface area contributed by atoms with Gasteiger partial charge in [0.25, 0.3) is 5.91 Å². The number of hydrogen-bond acceptors (Lipinski definition) is 4. The minimum atomic E-state index is -2.98. The maximum atomic E-state index is 12.8. The average molecular weight is 468 g/mol. The quantitative estimate of drug-likeness (QED) is 0.612. The number of nitrogens with zero attached hydrogens (tertiary/aromatic N) is 1. The van der Waals surface area contributed by atoms with Gasteiger partial charge in [0, 0.05) is 23.1 Å². The van der Waals surface area contributed by atoms with Crippen LogP contribution in [-0.2, 0) is 11.3 Å². The molecule has 0 saturated heterocycles. The molecule has 4 amide bonds. The van der Waals surface area contributed by atoms with E-state index in [0.717, 1.165) is 10.0 Å². The van der Waals surface area contributed by atoms with Crippen LogP contribution in [0.3, 0.4) is 0 Å². The Bertz CT molecular complexity index is 924. The van der Waals surface area contributed by atoms with E-state index in [1.165, 1.54) is 17.0 Å². The fourth-order valence-electron chi connectivity index (χ4n) is 3.07. The summed E-state index contributed by atoms with van der Waals surface area (Å²) in [6, 6.07) is 10.0. The van der Waals surface area contributed by atoms with E-state index >= 15 is 0 Å². The number of imide groups is 1. The number of carbonyl (C=O) groups is 3. The molecule has 2 aromatic carbocycles. The number of rotatable bonds is 7. The summed E-state index contributed by atoms with van der Waals surface area (Å²) in [7, 11) is 0. The second-order valence-corrected chi connectivity index (χ2v) is 7.14. The zero-order valence-corrected chi connectivity index (χ0v) is 16.5. The molecule has 0 saturated carbocycles. The molecule has 10 heteroatoms. The molecule has 1 aliphatic rings. The van der Waals surface area contributed by atoms with Gasteiger partial charge in [-0.2, -0.15) is 8.78 Å². The number of hydrogen-bond donors (Lipinski definition) is 2. The number of halogens is 3. The Morgan fingerprint density at radius 2 is 1.97 bits per heavy atom. The van der Waals surface area contributed by atoms with Crippen LogP contribution in [0.2, 0.25) is 0 Å². The standard InChI is InChI=1S/C19H16BrF2N3O4/c20-13-4-1-11(2-5-13)16(24-19(28)23-10-26)9-25-8-12-3-6-14(29-18(21)22)7-15(12)17(25)27/h1-7,10,16,18H,8-9H2,(H2,23,24,26,28)/t16-/m0/s1. The van der Waals surface area contributed by atoms with Crippen LogP contribution in [0.15, 0.2) is 46.9 Å². The van der Waals surface area contributed by atoms with Gasteiger partial charge in [0.2, 0.25) is 6.41 Å². The Labute approximate surface area is 173 Å². The molecule has 0 aromatic heterocycles. The lowest BCUT2D eigenvalue weighted by Gasteiger charge is -2.25. The van der Waals surface area contributed by atoms with Crippen molar-refractivity contribution in [2.24, 2.45) is 0 Å². The van der Waals surface area contributed by atoms with Gasteiger partial charge in [-0.25, -0.2) is 4.79 Å². The van der Waals surface area contributed by atoms with Crippen molar-refractivity contribution >= 4 is 34.3 Å². The highest BCUT2D eigenvalue weighted by molar-refractivity contribution is 9.10. The van der Waals surface area contributed by atoms with Gasteiger partial charge in [0.1, 0.15) is 5.75 Å². The molecule has 7 nitrogen and oxygen atoms in total. The maximum Gasteiger partial charge on any atom is 0.387 e. The van der Waals surface area contributed by atoms with Crippen molar-refractivity contribution in [2.75, 3.05) is 6.54 Å². The van der Waals surface area contributed by atoms with Crippen LogP contribution >= 0.6 is 15.9 Å². The molecule has 0 fully saturated rings. The van der Waals surface area contributed by atoms with E-state index in [0.29, 0.717) is 5.56 Å². The molecular formula is C19H16BrF2N3O4. The molecule has 3 rings (SSSR count). The van der Waals surface area contributed by atoms with Gasteiger partial charge < -0.3 is 15.0 Å². The van der Waals surface area contributed by atoms with Crippen molar-refractivity contribution in [2.45, 2.75) is 19.2 Å². The summed E-state index contributed by atoms with van der Waals surface area (Å²) < 4.78 is 30.1. The molecule has 0 spiro atoms. The first-order valence-corrected chi connectivity index (χ1v) is 9.30. The molecule has 2 N–H and O–H groups in total. The minimum absolute atomic E-state index is 0.0955. The number of fused-ring (bicyclic) bond motifs is 1. The van der Waals surface area contributed by atoms with Gasteiger partial charge in [-0.1, -0.05) is 34.1 Å². The summed E-state index contributed by atoms with van der Waals surface area (Å²) in [5.74, 6) is -0.457. The minimum Gasteiger partial charge on any atom is -0.435 e. The lowest BCUT2D eigenvalue weighted by atomic mass is 10.1. The molecular weight excluding hydrogens is 452 g/mol. The molecule has 0 unspecified atom stereocenters. The predicted molar refractivity (Wildman–Crippen MR) is 102 cm³/mol. The van der Waals surface area contributed by atoms with E-state index in [2.05, 4.69) is 26.0 Å². The van der Waals surface area contributed by atoms with Crippen LogP contribution in [-0.4, -0.2) is 36.4 Å². The smallest absolute Gasteiger partial charge is 0.387 e. The van der Waals surface area contributed by atoms with E-state index in [4.69, 9.17) is 0 Å². The number of benzene rings is 2. The van der Waals surface area contributed by atoms with Gasteiger partial charge in [-0.15, -0.1) is 0 Å². The number of carbonyl (C=O) groups excluding carboxylic acids is 3. The van der Waals surface area contributed by atoms with Crippen molar-refractivity contribution in [3.8, 4) is 5.75 Å². The third kappa shape index (κ3) is 5.08. The Balaban J connectivity index is 1.79. The number of alkyl halides is 2. The number of ether oxygens (including phenoxy) is 1. The van der Waals surface area contributed by atoms with E-state index in [1.807, 2.05) is 5.32 Å². The molecule has 2 aromatic rings. The molecule has 0 aliphatic carbocycles. The largest absolute Gasteiger partial charge is 0.435 e. The molecule has 1 heterocycles. The highest BCUT2D eigenvalue weighted by atomic mass is 79.9. The summed E-state index contributed by atoms with van der Waals surface area (Å²) in [6.45, 7) is -2.61. The van der Waals surface area contributed by atoms with E-state index in [-0.39, 0.29) is 36.7 Å². The third-order valence-electron chi connectivity index (χ3n) is 4.36. The zero-order valence-electron chi connectivity index (χ0n) is 14.9. The second-order valence-electron chi connectivity index (χ2n) is 6.22. The maximum absolute atomic E-state index is 12.8. The van der Waals surface area contributed by atoms with E-state index < -0.39 is 18.7 Å². The van der Waals surface area contributed by atoms with Gasteiger partial charge >= 0.3 is 12.6 Å². The number of nitrogens with one attached hydrogen (secondary N) is 2. The van der Waals surface area contributed by atoms with Crippen LogP contribution in [0, 0.1) is 0 Å². The Morgan fingerprint density at radius 3 is 2.62 bits per heavy atom. The van der Waals surface area contributed by atoms with Crippen LogP contribution < -0.4 is 15.4 Å². The Hall–Kier alpha value is -3.01. The molecule has 29 heavy (non-hydrogen) atoms. The molecule has 0 bridgehead atoms. The molecule has 1 aliphatic heterocycles. The van der Waals surface area contributed by atoms with Gasteiger partial charge in [-0.05, 0) is 35.4 Å². The molecule has 0 radical (unpaired) electrons. The van der Waals surface area contributed by atoms with Crippen molar-refractivity contribution in [1.29, 1.82) is 0 Å². The first-order valence-electron chi connectivity index (χ1n) is 8.50. The number of urea groups is 1. The monoisotopic (exact) mass is 467 g/mol. The average Bonchev–Trinajstić information content (AvgIpc) is 2.97. The van der Waals surface area contributed by atoms with E-state index in [1.54, 1.807) is 30.3 Å². The van der Waals surface area contributed by atoms with Crippen molar-refractivity contribution in [3.05, 3.63) is 63.6 Å². The highest BCUT2D eigenvalue weighted by Crippen LogP contribution is 2.29. The summed E-state index contributed by atoms with van der Waals surface area (Å²) in [5.41, 5.74) is 1.67. The van der Waals surface area contributed by atoms with Crippen LogP contribution in [0.4, 0.5) is 13.6 Å². The number of amides is 4. The lowest BCUT2D eigenvalue weighted by Crippen LogP contribution is -2.42. The Morgan fingerprint density at radius 1 is 1.24 bits per heavy atom. The summed E-state index contributed by atoms with van der Waals surface area (Å²) in [4.78, 5) is 36.6. The first-order chi connectivity index (χ1) is 13.9. The summed E-state index contributed by atoms with van der Waals surface area (Å²) >= 11 is 3.34.